The SMILES string of the molecule is CCCC[C@@](C=O)(CCN(C)C)c1cccc2ccccc12. The van der Waals surface area contributed by atoms with E-state index in [1.54, 1.807) is 0 Å². The fourth-order valence-electron chi connectivity index (χ4n) is 3.15. The number of nitrogens with zero attached hydrogens (tertiary/aromatic N) is 1. The summed E-state index contributed by atoms with van der Waals surface area (Å²) in [5.41, 5.74) is 0.817. The summed E-state index contributed by atoms with van der Waals surface area (Å²) >= 11 is 0. The van der Waals surface area contributed by atoms with Crippen molar-refractivity contribution in [3.63, 3.8) is 0 Å². The van der Waals surface area contributed by atoms with Crippen molar-refractivity contribution in [2.75, 3.05) is 20.6 Å². The van der Waals surface area contributed by atoms with Gasteiger partial charge in [0, 0.05) is 0 Å². The van der Waals surface area contributed by atoms with Crippen LogP contribution in [0.15, 0.2) is 42.5 Å². The van der Waals surface area contributed by atoms with Crippen molar-refractivity contribution in [3.05, 3.63) is 48.0 Å². The monoisotopic (exact) mass is 297 g/mol. The fraction of sp³-hybridized carbons (Fsp3) is 0.450. The minimum absolute atomic E-state index is 0.374. The molecule has 0 aliphatic rings. The maximum Gasteiger partial charge on any atom is 0.130 e. The Bertz CT molecular complexity index is 615. The van der Waals surface area contributed by atoms with Crippen LogP contribution in [0.2, 0.25) is 0 Å². The summed E-state index contributed by atoms with van der Waals surface area (Å²) in [6.07, 6.45) is 5.19. The molecule has 1 atom stereocenters. The molecule has 0 aliphatic heterocycles. The van der Waals surface area contributed by atoms with Gasteiger partial charge in [-0.1, -0.05) is 62.2 Å². The van der Waals surface area contributed by atoms with Crippen LogP contribution < -0.4 is 0 Å². The maximum atomic E-state index is 12.2. The van der Waals surface area contributed by atoms with Crippen molar-refractivity contribution in [3.8, 4) is 0 Å². The molecule has 0 radical (unpaired) electrons. The third-order valence-corrected chi connectivity index (χ3v) is 4.53. The van der Waals surface area contributed by atoms with E-state index >= 15 is 0 Å². The minimum Gasteiger partial charge on any atom is -0.309 e. The summed E-state index contributed by atoms with van der Waals surface area (Å²) in [7, 11) is 4.14. The van der Waals surface area contributed by atoms with Crippen LogP contribution in [-0.2, 0) is 10.2 Å². The maximum absolute atomic E-state index is 12.2. The predicted molar refractivity (Wildman–Crippen MR) is 94.4 cm³/mol. The van der Waals surface area contributed by atoms with Crippen LogP contribution in [-0.4, -0.2) is 31.8 Å². The number of rotatable bonds is 8. The second-order valence-corrected chi connectivity index (χ2v) is 6.46. The second kappa shape index (κ2) is 7.55. The molecule has 118 valence electrons. The van der Waals surface area contributed by atoms with Crippen molar-refractivity contribution in [1.29, 1.82) is 0 Å². The highest BCUT2D eigenvalue weighted by Crippen LogP contribution is 2.36. The first kappa shape index (κ1) is 16.7. The molecule has 0 N–H and O–H groups in total. The molecule has 0 unspecified atom stereocenters. The van der Waals surface area contributed by atoms with E-state index in [0.29, 0.717) is 0 Å². The van der Waals surface area contributed by atoms with Crippen molar-refractivity contribution >= 4 is 17.1 Å². The Morgan fingerprint density at radius 1 is 1.05 bits per heavy atom. The first-order chi connectivity index (χ1) is 10.6. The van der Waals surface area contributed by atoms with Gasteiger partial charge in [-0.2, -0.15) is 0 Å². The Kier molecular flexibility index (Phi) is 5.73. The molecular formula is C20H27NO. The molecule has 2 aromatic carbocycles. The first-order valence-electron chi connectivity index (χ1n) is 8.22. The normalized spacial score (nSPS) is 14.2. The van der Waals surface area contributed by atoms with E-state index in [1.807, 2.05) is 0 Å². The van der Waals surface area contributed by atoms with Gasteiger partial charge in [-0.05, 0) is 49.8 Å². The highest BCUT2D eigenvalue weighted by molar-refractivity contribution is 5.90. The zero-order valence-corrected chi connectivity index (χ0v) is 14.0. The van der Waals surface area contributed by atoms with Gasteiger partial charge in [-0.3, -0.25) is 0 Å². The predicted octanol–water partition coefficient (Wildman–Crippen LogP) is 4.42. The van der Waals surface area contributed by atoms with Gasteiger partial charge in [0.25, 0.3) is 0 Å². The van der Waals surface area contributed by atoms with E-state index < -0.39 is 0 Å². The van der Waals surface area contributed by atoms with Crippen LogP contribution in [0.1, 0.15) is 38.2 Å². The van der Waals surface area contributed by atoms with Crippen molar-refractivity contribution in [2.45, 2.75) is 38.0 Å². The summed E-state index contributed by atoms with van der Waals surface area (Å²) in [5, 5.41) is 2.43. The highest BCUT2D eigenvalue weighted by Gasteiger charge is 2.32. The Labute approximate surface area is 134 Å². The zero-order valence-electron chi connectivity index (χ0n) is 14.0. The minimum atomic E-state index is -0.374. The van der Waals surface area contributed by atoms with Crippen LogP contribution in [0.3, 0.4) is 0 Å². The molecule has 0 fully saturated rings. The number of benzene rings is 2. The van der Waals surface area contributed by atoms with Crippen molar-refractivity contribution in [2.24, 2.45) is 0 Å². The number of carbonyl (C=O) groups is 1. The molecule has 22 heavy (non-hydrogen) atoms. The number of hydrogen-bond donors (Lipinski definition) is 0. The lowest BCUT2D eigenvalue weighted by Gasteiger charge is -2.31. The number of carbonyl (C=O) groups excluding carboxylic acids is 1. The van der Waals surface area contributed by atoms with E-state index in [1.165, 1.54) is 22.6 Å². The fourth-order valence-corrected chi connectivity index (χ4v) is 3.15. The second-order valence-electron chi connectivity index (χ2n) is 6.46. The van der Waals surface area contributed by atoms with Gasteiger partial charge in [0.1, 0.15) is 6.29 Å². The van der Waals surface area contributed by atoms with Crippen LogP contribution in [0.5, 0.6) is 0 Å². The van der Waals surface area contributed by atoms with Gasteiger partial charge in [0.15, 0.2) is 0 Å². The highest BCUT2D eigenvalue weighted by atomic mass is 16.1. The summed E-state index contributed by atoms with van der Waals surface area (Å²) in [6, 6.07) is 14.7. The lowest BCUT2D eigenvalue weighted by atomic mass is 9.73. The van der Waals surface area contributed by atoms with Crippen LogP contribution in [0, 0.1) is 0 Å². The summed E-state index contributed by atoms with van der Waals surface area (Å²) in [6.45, 7) is 3.11. The lowest BCUT2D eigenvalue weighted by Crippen LogP contribution is -2.32. The Morgan fingerprint density at radius 3 is 2.45 bits per heavy atom. The molecule has 0 spiro atoms. The molecule has 0 heterocycles. The van der Waals surface area contributed by atoms with E-state index in [0.717, 1.165) is 32.2 Å². The van der Waals surface area contributed by atoms with Gasteiger partial charge < -0.3 is 9.69 Å². The summed E-state index contributed by atoms with van der Waals surface area (Å²) < 4.78 is 0. The molecule has 2 aromatic rings. The lowest BCUT2D eigenvalue weighted by molar-refractivity contribution is -0.113. The molecule has 0 bridgehead atoms. The van der Waals surface area contributed by atoms with Crippen molar-refractivity contribution in [1.82, 2.24) is 4.90 Å². The number of unbranched alkanes of at least 4 members (excludes halogenated alkanes) is 1. The third kappa shape index (κ3) is 3.56. The molecule has 2 rings (SSSR count). The molecule has 0 aromatic heterocycles. The van der Waals surface area contributed by atoms with Crippen LogP contribution >= 0.6 is 0 Å². The molecule has 2 heteroatoms. The first-order valence-corrected chi connectivity index (χ1v) is 8.22. The van der Waals surface area contributed by atoms with E-state index in [-0.39, 0.29) is 5.41 Å². The molecule has 0 aliphatic carbocycles. The van der Waals surface area contributed by atoms with Gasteiger partial charge in [0.05, 0.1) is 5.41 Å². The quantitative estimate of drug-likeness (QED) is 0.672. The standard InChI is InChI=1S/C20H27NO/c1-4-5-13-20(16-22,14-15-21(2)3)19-12-8-10-17-9-6-7-11-18(17)19/h6-12,16H,4-5,13-15H2,1-3H3/t20-/m0/s1. The number of fused-ring (bicyclic) bond motifs is 1. The molecule has 0 amide bonds. The van der Waals surface area contributed by atoms with Gasteiger partial charge in [-0.15, -0.1) is 0 Å². The molecule has 0 saturated carbocycles. The van der Waals surface area contributed by atoms with Crippen LogP contribution in [0.4, 0.5) is 0 Å². The smallest absolute Gasteiger partial charge is 0.130 e. The Morgan fingerprint density at radius 2 is 1.77 bits per heavy atom. The largest absolute Gasteiger partial charge is 0.309 e. The number of aldehydes is 1. The Hall–Kier alpha value is -1.67. The Balaban J connectivity index is 2.51. The van der Waals surface area contributed by atoms with E-state index in [4.69, 9.17) is 0 Å². The average Bonchev–Trinajstić information content (AvgIpc) is 2.55. The topological polar surface area (TPSA) is 20.3 Å². The third-order valence-electron chi connectivity index (χ3n) is 4.53. The summed E-state index contributed by atoms with van der Waals surface area (Å²) in [5.74, 6) is 0. The molecular weight excluding hydrogens is 270 g/mol. The number of hydrogen-bond acceptors (Lipinski definition) is 2. The van der Waals surface area contributed by atoms with Gasteiger partial charge in [0.2, 0.25) is 0 Å². The zero-order chi connectivity index (χ0) is 16.0. The van der Waals surface area contributed by atoms with Crippen molar-refractivity contribution < 1.29 is 4.79 Å². The molecule has 2 nitrogen and oxygen atoms in total. The van der Waals surface area contributed by atoms with Crippen LogP contribution in [0.25, 0.3) is 10.8 Å². The average molecular weight is 297 g/mol. The van der Waals surface area contributed by atoms with Gasteiger partial charge >= 0.3 is 0 Å². The van der Waals surface area contributed by atoms with E-state index in [2.05, 4.69) is 68.4 Å². The van der Waals surface area contributed by atoms with Gasteiger partial charge in [-0.25, -0.2) is 0 Å². The summed E-state index contributed by atoms with van der Waals surface area (Å²) in [4.78, 5) is 14.3. The van der Waals surface area contributed by atoms with E-state index in [9.17, 15) is 4.79 Å². The molecule has 0 saturated heterocycles.